The Labute approximate surface area is 127 Å². The Kier molecular flexibility index (Phi) is 5.78. The van der Waals surface area contributed by atoms with Gasteiger partial charge in [0.1, 0.15) is 0 Å². The summed E-state index contributed by atoms with van der Waals surface area (Å²) in [6.07, 6.45) is 6.49. The Morgan fingerprint density at radius 2 is 2.24 bits per heavy atom. The normalized spacial score (nSPS) is 20.8. The second-order valence-corrected chi connectivity index (χ2v) is 7.40. The first-order valence-corrected chi connectivity index (χ1v) is 9.30. The molecule has 1 aliphatic heterocycles. The molecule has 0 saturated carbocycles. The summed E-state index contributed by atoms with van der Waals surface area (Å²) in [6.45, 7) is 6.14. The molecule has 2 heterocycles. The Hall–Kier alpha value is -0.920. The maximum absolute atomic E-state index is 12.9. The zero-order chi connectivity index (χ0) is 15.3. The fraction of sp³-hybridized carbons (Fsp3) is 0.786. The molecular formula is C14H26N4O2S. The maximum Gasteiger partial charge on any atom is 0.260 e. The van der Waals surface area contributed by atoms with E-state index in [1.165, 1.54) is 0 Å². The van der Waals surface area contributed by atoms with Gasteiger partial charge in [0.25, 0.3) is 10.0 Å². The minimum atomic E-state index is -3.47. The number of H-pyrrole nitrogens is 1. The maximum atomic E-state index is 12.9. The van der Waals surface area contributed by atoms with Gasteiger partial charge in [-0.3, -0.25) is 5.10 Å². The molecule has 0 spiro atoms. The Morgan fingerprint density at radius 1 is 1.43 bits per heavy atom. The van der Waals surface area contributed by atoms with E-state index >= 15 is 0 Å². The molecule has 21 heavy (non-hydrogen) atoms. The molecular weight excluding hydrogens is 288 g/mol. The number of aromatic nitrogens is 2. The first-order valence-electron chi connectivity index (χ1n) is 7.86. The van der Waals surface area contributed by atoms with Gasteiger partial charge in [0.05, 0.1) is 6.20 Å². The quantitative estimate of drug-likeness (QED) is 0.753. The second-order valence-electron chi connectivity index (χ2n) is 5.57. The van der Waals surface area contributed by atoms with Crippen LogP contribution >= 0.6 is 0 Å². The fourth-order valence-corrected chi connectivity index (χ4v) is 4.74. The third-order valence-electron chi connectivity index (χ3n) is 4.03. The van der Waals surface area contributed by atoms with E-state index in [1.807, 2.05) is 0 Å². The van der Waals surface area contributed by atoms with Crippen molar-refractivity contribution in [1.82, 2.24) is 19.8 Å². The Balaban J connectivity index is 2.20. The van der Waals surface area contributed by atoms with Crippen LogP contribution in [0.5, 0.6) is 0 Å². The highest BCUT2D eigenvalue weighted by molar-refractivity contribution is 7.89. The van der Waals surface area contributed by atoms with Crippen molar-refractivity contribution in [3.05, 3.63) is 11.8 Å². The number of rotatable bonds is 7. The summed E-state index contributed by atoms with van der Waals surface area (Å²) in [5, 5.41) is 10.1. The van der Waals surface area contributed by atoms with E-state index in [2.05, 4.69) is 29.4 Å². The van der Waals surface area contributed by atoms with E-state index in [9.17, 15) is 8.42 Å². The van der Waals surface area contributed by atoms with Gasteiger partial charge in [-0.25, -0.2) is 8.42 Å². The van der Waals surface area contributed by atoms with Gasteiger partial charge in [0.15, 0.2) is 5.03 Å². The van der Waals surface area contributed by atoms with Gasteiger partial charge >= 0.3 is 0 Å². The molecule has 1 unspecified atom stereocenters. The SMILES string of the molecule is CCCNCc1cn[nH]c1S(=O)(=O)N1CCCCC1CC. The molecule has 0 aromatic carbocycles. The van der Waals surface area contributed by atoms with Crippen LogP contribution in [0.3, 0.4) is 0 Å². The van der Waals surface area contributed by atoms with E-state index in [-0.39, 0.29) is 11.1 Å². The predicted molar refractivity (Wildman–Crippen MR) is 82.4 cm³/mol. The van der Waals surface area contributed by atoms with Crippen LogP contribution in [0.1, 0.15) is 51.5 Å². The summed E-state index contributed by atoms with van der Waals surface area (Å²) in [5.74, 6) is 0. The summed E-state index contributed by atoms with van der Waals surface area (Å²) in [4.78, 5) is 0. The van der Waals surface area contributed by atoms with Gasteiger partial charge in [-0.2, -0.15) is 9.40 Å². The average molecular weight is 314 g/mol. The van der Waals surface area contributed by atoms with Crippen LogP contribution in [0.4, 0.5) is 0 Å². The number of sulfonamides is 1. The number of hydrogen-bond acceptors (Lipinski definition) is 4. The lowest BCUT2D eigenvalue weighted by Gasteiger charge is -2.33. The smallest absolute Gasteiger partial charge is 0.260 e. The molecule has 2 N–H and O–H groups in total. The Morgan fingerprint density at radius 3 is 2.95 bits per heavy atom. The van der Waals surface area contributed by atoms with Crippen LogP contribution in [0.2, 0.25) is 0 Å². The largest absolute Gasteiger partial charge is 0.313 e. The predicted octanol–water partition coefficient (Wildman–Crippen LogP) is 1.86. The minimum Gasteiger partial charge on any atom is -0.313 e. The highest BCUT2D eigenvalue weighted by atomic mass is 32.2. The van der Waals surface area contributed by atoms with E-state index in [0.717, 1.165) is 44.2 Å². The molecule has 1 aromatic rings. The third kappa shape index (κ3) is 3.64. The summed E-state index contributed by atoms with van der Waals surface area (Å²) in [5.41, 5.74) is 0.726. The first kappa shape index (κ1) is 16.5. The highest BCUT2D eigenvalue weighted by Crippen LogP contribution is 2.27. The average Bonchev–Trinajstić information content (AvgIpc) is 2.97. The molecule has 7 heteroatoms. The van der Waals surface area contributed by atoms with E-state index < -0.39 is 10.0 Å². The molecule has 0 bridgehead atoms. The number of hydrogen-bond donors (Lipinski definition) is 2. The van der Waals surface area contributed by atoms with Crippen LogP contribution in [-0.4, -0.2) is 42.1 Å². The molecule has 1 aliphatic rings. The third-order valence-corrected chi connectivity index (χ3v) is 6.00. The van der Waals surface area contributed by atoms with Crippen molar-refractivity contribution in [2.45, 2.75) is 63.6 Å². The van der Waals surface area contributed by atoms with Gasteiger partial charge in [-0.1, -0.05) is 20.3 Å². The van der Waals surface area contributed by atoms with E-state index in [1.54, 1.807) is 10.5 Å². The first-order chi connectivity index (χ1) is 10.1. The van der Waals surface area contributed by atoms with Crippen LogP contribution in [0, 0.1) is 0 Å². The van der Waals surface area contributed by atoms with Gasteiger partial charge in [0.2, 0.25) is 0 Å². The van der Waals surface area contributed by atoms with Crippen LogP contribution in [-0.2, 0) is 16.6 Å². The van der Waals surface area contributed by atoms with Crippen molar-refractivity contribution in [2.75, 3.05) is 13.1 Å². The molecule has 0 amide bonds. The molecule has 1 atom stereocenters. The summed E-state index contributed by atoms with van der Waals surface area (Å²) in [7, 11) is -3.47. The lowest BCUT2D eigenvalue weighted by atomic mass is 10.0. The van der Waals surface area contributed by atoms with Crippen molar-refractivity contribution < 1.29 is 8.42 Å². The zero-order valence-corrected chi connectivity index (χ0v) is 13.7. The highest BCUT2D eigenvalue weighted by Gasteiger charge is 2.34. The number of aromatic amines is 1. The Bertz CT molecular complexity index is 541. The van der Waals surface area contributed by atoms with E-state index in [4.69, 9.17) is 0 Å². The summed E-state index contributed by atoms with van der Waals surface area (Å²) >= 11 is 0. The molecule has 1 aromatic heterocycles. The van der Waals surface area contributed by atoms with Crippen molar-refractivity contribution in [3.8, 4) is 0 Å². The molecule has 1 saturated heterocycles. The standard InChI is InChI=1S/C14H26N4O2S/c1-3-8-15-10-12-11-16-17-14(12)21(19,20)18-9-6-5-7-13(18)4-2/h11,13,15H,3-10H2,1-2H3,(H,16,17). The topological polar surface area (TPSA) is 78.1 Å². The number of nitrogens with one attached hydrogen (secondary N) is 2. The number of nitrogens with zero attached hydrogens (tertiary/aromatic N) is 2. The monoisotopic (exact) mass is 314 g/mol. The molecule has 6 nitrogen and oxygen atoms in total. The molecule has 0 radical (unpaired) electrons. The van der Waals surface area contributed by atoms with E-state index in [0.29, 0.717) is 13.1 Å². The lowest BCUT2D eigenvalue weighted by Crippen LogP contribution is -2.43. The van der Waals surface area contributed by atoms with Gasteiger partial charge in [0, 0.05) is 24.7 Å². The fourth-order valence-electron chi connectivity index (χ4n) is 2.86. The molecule has 2 rings (SSSR count). The molecule has 0 aliphatic carbocycles. The molecule has 1 fully saturated rings. The van der Waals surface area contributed by atoms with Gasteiger partial charge in [-0.05, 0) is 32.2 Å². The summed E-state index contributed by atoms with van der Waals surface area (Å²) < 4.78 is 27.5. The van der Waals surface area contributed by atoms with Crippen molar-refractivity contribution in [2.24, 2.45) is 0 Å². The van der Waals surface area contributed by atoms with Gasteiger partial charge in [-0.15, -0.1) is 0 Å². The van der Waals surface area contributed by atoms with Crippen LogP contribution < -0.4 is 5.32 Å². The van der Waals surface area contributed by atoms with Crippen molar-refractivity contribution in [3.63, 3.8) is 0 Å². The minimum absolute atomic E-state index is 0.114. The number of piperidine rings is 1. The summed E-state index contributed by atoms with van der Waals surface area (Å²) in [6, 6.07) is 0.114. The molecule has 120 valence electrons. The zero-order valence-electron chi connectivity index (χ0n) is 12.9. The van der Waals surface area contributed by atoms with Crippen molar-refractivity contribution in [1.29, 1.82) is 0 Å². The van der Waals surface area contributed by atoms with Gasteiger partial charge < -0.3 is 5.32 Å². The second kappa shape index (κ2) is 7.38. The van der Waals surface area contributed by atoms with Crippen LogP contribution in [0.25, 0.3) is 0 Å². The van der Waals surface area contributed by atoms with Crippen LogP contribution in [0.15, 0.2) is 11.2 Å². The lowest BCUT2D eigenvalue weighted by molar-refractivity contribution is 0.246. The van der Waals surface area contributed by atoms with Crippen molar-refractivity contribution >= 4 is 10.0 Å².